The molecule has 0 aliphatic heterocycles. The number of ether oxygens (including phenoxy) is 1. The van der Waals surface area contributed by atoms with Crippen molar-refractivity contribution >= 4 is 23.1 Å². The Morgan fingerprint density at radius 3 is 2.38 bits per heavy atom. The first kappa shape index (κ1) is 15.7. The van der Waals surface area contributed by atoms with Gasteiger partial charge in [-0.15, -0.1) is 0 Å². The average molecular weight is 322 g/mol. The Labute approximate surface area is 140 Å². The van der Waals surface area contributed by atoms with Crippen LogP contribution in [0.15, 0.2) is 42.7 Å². The van der Waals surface area contributed by atoms with Crippen LogP contribution < -0.4 is 15.4 Å². The third-order valence-corrected chi connectivity index (χ3v) is 3.26. The number of anilines is 4. The molecule has 24 heavy (non-hydrogen) atoms. The highest BCUT2D eigenvalue weighted by Crippen LogP contribution is 2.26. The summed E-state index contributed by atoms with van der Waals surface area (Å²) in [5.41, 5.74) is 1.73. The normalized spacial score (nSPS) is 10.3. The zero-order valence-corrected chi connectivity index (χ0v) is 13.7. The second kappa shape index (κ2) is 6.91. The lowest BCUT2D eigenvalue weighted by Gasteiger charge is -2.11. The van der Waals surface area contributed by atoms with Crippen molar-refractivity contribution in [2.75, 3.05) is 17.7 Å². The van der Waals surface area contributed by atoms with Crippen LogP contribution in [0.2, 0.25) is 0 Å². The lowest BCUT2D eigenvalue weighted by Crippen LogP contribution is -2.02. The molecule has 0 saturated heterocycles. The molecule has 0 aliphatic carbocycles. The van der Waals surface area contributed by atoms with Crippen LogP contribution in [-0.2, 0) is 0 Å². The van der Waals surface area contributed by atoms with Crippen molar-refractivity contribution in [3.05, 3.63) is 54.2 Å². The van der Waals surface area contributed by atoms with Crippen LogP contribution in [0, 0.1) is 13.8 Å². The number of para-hydroxylation sites is 2. The number of aromatic nitrogens is 4. The highest BCUT2D eigenvalue weighted by molar-refractivity contribution is 5.66. The Bertz CT molecular complexity index is 832. The highest BCUT2D eigenvalue weighted by Gasteiger charge is 2.05. The van der Waals surface area contributed by atoms with Gasteiger partial charge in [-0.25, -0.2) is 19.9 Å². The summed E-state index contributed by atoms with van der Waals surface area (Å²) in [7, 11) is 1.63. The van der Waals surface area contributed by atoms with Crippen LogP contribution in [0.4, 0.5) is 23.1 Å². The first-order chi connectivity index (χ1) is 11.6. The number of nitrogens with zero attached hydrogens (tertiary/aromatic N) is 4. The van der Waals surface area contributed by atoms with Gasteiger partial charge in [0.2, 0.25) is 0 Å². The zero-order chi connectivity index (χ0) is 16.9. The predicted octanol–water partition coefficient (Wildman–Crippen LogP) is 3.38. The minimum atomic E-state index is 0.639. The van der Waals surface area contributed by atoms with Crippen molar-refractivity contribution in [1.82, 2.24) is 19.9 Å². The fourth-order valence-electron chi connectivity index (χ4n) is 2.29. The molecule has 0 spiro atoms. The Balaban J connectivity index is 1.81. The fraction of sp³-hybridized carbons (Fsp3) is 0.176. The Hall–Kier alpha value is -3.22. The van der Waals surface area contributed by atoms with Gasteiger partial charge in [-0.05, 0) is 26.0 Å². The van der Waals surface area contributed by atoms with Crippen molar-refractivity contribution in [1.29, 1.82) is 0 Å². The summed E-state index contributed by atoms with van der Waals surface area (Å²) in [6, 6.07) is 11.3. The minimum absolute atomic E-state index is 0.639. The Kier molecular flexibility index (Phi) is 4.51. The summed E-state index contributed by atoms with van der Waals surface area (Å²) in [5.74, 6) is 3.44. The predicted molar refractivity (Wildman–Crippen MR) is 93.1 cm³/mol. The first-order valence-corrected chi connectivity index (χ1v) is 7.45. The number of hydrogen-bond acceptors (Lipinski definition) is 7. The van der Waals surface area contributed by atoms with Crippen LogP contribution in [-0.4, -0.2) is 27.0 Å². The number of hydrogen-bond donors (Lipinski definition) is 2. The second-order valence-corrected chi connectivity index (χ2v) is 5.18. The Morgan fingerprint density at radius 1 is 0.875 bits per heavy atom. The molecule has 1 aromatic carbocycles. The molecule has 0 radical (unpaired) electrons. The van der Waals surface area contributed by atoms with E-state index in [-0.39, 0.29) is 0 Å². The van der Waals surface area contributed by atoms with Gasteiger partial charge < -0.3 is 15.4 Å². The fourth-order valence-corrected chi connectivity index (χ4v) is 2.29. The monoisotopic (exact) mass is 322 g/mol. The van der Waals surface area contributed by atoms with Crippen molar-refractivity contribution in [2.45, 2.75) is 13.8 Å². The molecule has 0 unspecified atom stereocenters. The van der Waals surface area contributed by atoms with Crippen LogP contribution in [0.1, 0.15) is 11.5 Å². The molecule has 3 rings (SSSR count). The summed E-state index contributed by atoms with van der Waals surface area (Å²) < 4.78 is 5.33. The number of methoxy groups -OCH3 is 1. The van der Waals surface area contributed by atoms with Crippen molar-refractivity contribution in [2.24, 2.45) is 0 Å². The maximum atomic E-state index is 5.33. The molecule has 122 valence electrons. The van der Waals surface area contributed by atoms with Gasteiger partial charge in [-0.2, -0.15) is 0 Å². The van der Waals surface area contributed by atoms with Crippen LogP contribution >= 0.6 is 0 Å². The molecule has 0 aliphatic rings. The second-order valence-electron chi connectivity index (χ2n) is 5.18. The zero-order valence-electron chi connectivity index (χ0n) is 13.7. The van der Waals surface area contributed by atoms with Gasteiger partial charge in [0.25, 0.3) is 0 Å². The molecule has 2 N–H and O–H groups in total. The summed E-state index contributed by atoms with van der Waals surface area (Å²) in [4.78, 5) is 17.1. The van der Waals surface area contributed by atoms with E-state index in [0.717, 1.165) is 17.1 Å². The van der Waals surface area contributed by atoms with Gasteiger partial charge in [0.1, 0.15) is 35.4 Å². The molecule has 7 nitrogen and oxygen atoms in total. The van der Waals surface area contributed by atoms with Gasteiger partial charge in [0.05, 0.1) is 12.8 Å². The number of aryl methyl sites for hydroxylation is 2. The molecular formula is C17H18N6O. The van der Waals surface area contributed by atoms with Gasteiger partial charge in [-0.3, -0.25) is 0 Å². The minimum Gasteiger partial charge on any atom is -0.495 e. The van der Waals surface area contributed by atoms with E-state index in [9.17, 15) is 0 Å². The molecule has 2 aromatic heterocycles. The largest absolute Gasteiger partial charge is 0.495 e. The van der Waals surface area contributed by atoms with Gasteiger partial charge >= 0.3 is 0 Å². The van der Waals surface area contributed by atoms with E-state index in [1.807, 2.05) is 44.2 Å². The molecular weight excluding hydrogens is 304 g/mol. The van der Waals surface area contributed by atoms with E-state index in [1.165, 1.54) is 6.33 Å². The SMILES string of the molecule is COc1ccccc1Nc1cc(Nc2cc(C)nc(C)n2)ncn1. The molecule has 7 heteroatoms. The van der Waals surface area contributed by atoms with Crippen LogP contribution in [0.5, 0.6) is 5.75 Å². The number of benzene rings is 1. The molecule has 0 bridgehead atoms. The van der Waals surface area contributed by atoms with E-state index in [1.54, 1.807) is 13.2 Å². The molecule has 2 heterocycles. The molecule has 0 saturated carbocycles. The first-order valence-electron chi connectivity index (χ1n) is 7.45. The lowest BCUT2D eigenvalue weighted by molar-refractivity contribution is 0.417. The van der Waals surface area contributed by atoms with E-state index in [4.69, 9.17) is 4.74 Å². The van der Waals surface area contributed by atoms with E-state index in [2.05, 4.69) is 30.6 Å². The third-order valence-electron chi connectivity index (χ3n) is 3.26. The summed E-state index contributed by atoms with van der Waals surface area (Å²) in [6.07, 6.45) is 1.49. The van der Waals surface area contributed by atoms with Crippen molar-refractivity contribution in [3.8, 4) is 5.75 Å². The summed E-state index contributed by atoms with van der Waals surface area (Å²) in [5, 5.41) is 6.39. The standard InChI is InChI=1S/C17H18N6O/c1-11-8-17(21-12(2)20-11)23-16-9-15(18-10-19-16)22-13-6-4-5-7-14(13)24-3/h4-10H,1-3H3,(H2,18,19,20,21,22,23). The highest BCUT2D eigenvalue weighted by atomic mass is 16.5. The van der Waals surface area contributed by atoms with E-state index < -0.39 is 0 Å². The maximum Gasteiger partial charge on any atom is 0.142 e. The third kappa shape index (κ3) is 3.75. The quantitative estimate of drug-likeness (QED) is 0.745. The van der Waals surface area contributed by atoms with E-state index >= 15 is 0 Å². The van der Waals surface area contributed by atoms with Crippen molar-refractivity contribution in [3.63, 3.8) is 0 Å². The Morgan fingerprint density at radius 2 is 1.62 bits per heavy atom. The van der Waals surface area contributed by atoms with Gasteiger partial charge in [0, 0.05) is 17.8 Å². The molecule has 0 atom stereocenters. The maximum absolute atomic E-state index is 5.33. The van der Waals surface area contributed by atoms with Gasteiger partial charge in [0.15, 0.2) is 0 Å². The smallest absolute Gasteiger partial charge is 0.142 e. The molecule has 0 fully saturated rings. The summed E-state index contributed by atoms with van der Waals surface area (Å²) >= 11 is 0. The average Bonchev–Trinajstić information content (AvgIpc) is 2.55. The van der Waals surface area contributed by atoms with Crippen molar-refractivity contribution < 1.29 is 4.74 Å². The summed E-state index contributed by atoms with van der Waals surface area (Å²) in [6.45, 7) is 3.78. The van der Waals surface area contributed by atoms with Crippen LogP contribution in [0.25, 0.3) is 0 Å². The number of nitrogens with one attached hydrogen (secondary N) is 2. The lowest BCUT2D eigenvalue weighted by atomic mass is 10.3. The topological polar surface area (TPSA) is 84.9 Å². The molecule has 0 amide bonds. The molecule has 3 aromatic rings. The van der Waals surface area contributed by atoms with E-state index in [0.29, 0.717) is 23.3 Å². The van der Waals surface area contributed by atoms with Gasteiger partial charge in [-0.1, -0.05) is 12.1 Å². The number of rotatable bonds is 5. The van der Waals surface area contributed by atoms with Crippen LogP contribution in [0.3, 0.4) is 0 Å².